The minimum atomic E-state index is -0.0616. The number of fused-ring (bicyclic) bond motifs is 1. The van der Waals surface area contributed by atoms with Crippen LogP contribution in [0.2, 0.25) is 0 Å². The number of hydrogen-bond donors (Lipinski definition) is 0. The Kier molecular flexibility index (Phi) is 4.87. The van der Waals surface area contributed by atoms with Gasteiger partial charge in [-0.25, -0.2) is 9.97 Å². The van der Waals surface area contributed by atoms with Gasteiger partial charge >= 0.3 is 0 Å². The quantitative estimate of drug-likeness (QED) is 0.454. The predicted octanol–water partition coefficient (Wildman–Crippen LogP) is 4.81. The molecule has 168 valence electrons. The van der Waals surface area contributed by atoms with E-state index in [0.717, 1.165) is 45.7 Å². The highest BCUT2D eigenvalue weighted by molar-refractivity contribution is 5.91. The maximum atomic E-state index is 6.31. The summed E-state index contributed by atoms with van der Waals surface area (Å²) in [6.45, 7) is 7.64. The van der Waals surface area contributed by atoms with Crippen molar-refractivity contribution in [2.75, 3.05) is 18.0 Å². The Morgan fingerprint density at radius 2 is 1.82 bits per heavy atom. The Bertz CT molecular complexity index is 1310. The first-order valence-electron chi connectivity index (χ1n) is 11.7. The highest BCUT2D eigenvalue weighted by Gasteiger charge is 2.31. The lowest BCUT2D eigenvalue weighted by molar-refractivity contribution is -0.0178. The van der Waals surface area contributed by atoms with E-state index in [1.54, 1.807) is 0 Å². The van der Waals surface area contributed by atoms with Gasteiger partial charge in [0.05, 0.1) is 30.6 Å². The molecule has 3 aromatic heterocycles. The molecule has 0 N–H and O–H groups in total. The summed E-state index contributed by atoms with van der Waals surface area (Å²) in [4.78, 5) is 17.0. The summed E-state index contributed by atoms with van der Waals surface area (Å²) < 4.78 is 8.39. The first kappa shape index (κ1) is 20.3. The second-order valence-electron chi connectivity index (χ2n) is 9.33. The molecule has 0 spiro atoms. The maximum absolute atomic E-state index is 6.31. The third-order valence-electron chi connectivity index (χ3n) is 6.62. The zero-order chi connectivity index (χ0) is 22.5. The van der Waals surface area contributed by atoms with E-state index in [0.29, 0.717) is 18.5 Å². The van der Waals surface area contributed by atoms with E-state index in [9.17, 15) is 0 Å². The van der Waals surface area contributed by atoms with Crippen molar-refractivity contribution in [2.45, 2.75) is 51.9 Å². The fourth-order valence-corrected chi connectivity index (χ4v) is 4.55. The average Bonchev–Trinajstić information content (AvgIpc) is 3.55. The molecule has 1 saturated carbocycles. The highest BCUT2D eigenvalue weighted by Crippen LogP contribution is 2.36. The number of hydrogen-bond acceptors (Lipinski definition) is 6. The van der Waals surface area contributed by atoms with Gasteiger partial charge < -0.3 is 9.64 Å². The van der Waals surface area contributed by atoms with E-state index in [-0.39, 0.29) is 12.2 Å². The van der Waals surface area contributed by atoms with Gasteiger partial charge in [0.2, 0.25) is 5.95 Å². The van der Waals surface area contributed by atoms with E-state index in [1.165, 1.54) is 12.8 Å². The third-order valence-corrected chi connectivity index (χ3v) is 6.62. The fraction of sp³-hybridized carbons (Fsp3) is 0.385. The van der Waals surface area contributed by atoms with E-state index < -0.39 is 0 Å². The first-order chi connectivity index (χ1) is 16.0. The number of aromatic nitrogens is 5. The molecule has 33 heavy (non-hydrogen) atoms. The molecule has 1 aliphatic heterocycles. The zero-order valence-electron chi connectivity index (χ0n) is 19.3. The predicted molar refractivity (Wildman–Crippen MR) is 128 cm³/mol. The zero-order valence-corrected chi connectivity index (χ0v) is 19.3. The molecule has 0 amide bonds. The highest BCUT2D eigenvalue weighted by atomic mass is 16.5. The molecule has 2 aliphatic rings. The number of pyridine rings is 1. The Morgan fingerprint density at radius 3 is 2.61 bits per heavy atom. The van der Waals surface area contributed by atoms with Crippen molar-refractivity contribution < 1.29 is 4.74 Å². The SMILES string of the molecule is Cc1cc2c(-c3ccccc3)nc(N3CC(C)OC(c4cnn(C5CC5)c4)C3)nc2nc1C. The smallest absolute Gasteiger partial charge is 0.228 e. The van der Waals surface area contributed by atoms with Crippen molar-refractivity contribution >= 4 is 17.0 Å². The van der Waals surface area contributed by atoms with Gasteiger partial charge in [0.1, 0.15) is 6.10 Å². The molecule has 0 bridgehead atoms. The molecular formula is C26H28N6O. The fourth-order valence-electron chi connectivity index (χ4n) is 4.55. The van der Waals surface area contributed by atoms with Gasteiger partial charge in [-0.1, -0.05) is 30.3 Å². The summed E-state index contributed by atoms with van der Waals surface area (Å²) >= 11 is 0. The van der Waals surface area contributed by atoms with Crippen LogP contribution in [-0.4, -0.2) is 43.9 Å². The minimum absolute atomic E-state index is 0.0558. The van der Waals surface area contributed by atoms with Crippen LogP contribution in [0.15, 0.2) is 48.8 Å². The van der Waals surface area contributed by atoms with Gasteiger partial charge in [0, 0.05) is 34.9 Å². The van der Waals surface area contributed by atoms with Crippen molar-refractivity contribution in [2.24, 2.45) is 0 Å². The van der Waals surface area contributed by atoms with Gasteiger partial charge in [-0.3, -0.25) is 4.68 Å². The van der Waals surface area contributed by atoms with Crippen molar-refractivity contribution in [3.05, 3.63) is 65.6 Å². The summed E-state index contributed by atoms with van der Waals surface area (Å²) in [5.74, 6) is 0.701. The minimum Gasteiger partial charge on any atom is -0.367 e. The molecule has 7 nitrogen and oxygen atoms in total. The van der Waals surface area contributed by atoms with E-state index in [4.69, 9.17) is 19.7 Å². The molecule has 4 heterocycles. The van der Waals surface area contributed by atoms with Crippen molar-refractivity contribution in [1.29, 1.82) is 0 Å². The Morgan fingerprint density at radius 1 is 1.00 bits per heavy atom. The maximum Gasteiger partial charge on any atom is 0.228 e. The van der Waals surface area contributed by atoms with Gasteiger partial charge in [-0.2, -0.15) is 10.1 Å². The normalized spacial score (nSPS) is 21.0. The van der Waals surface area contributed by atoms with Crippen LogP contribution in [0.25, 0.3) is 22.3 Å². The molecule has 1 aromatic carbocycles. The van der Waals surface area contributed by atoms with Crippen molar-refractivity contribution in [3.8, 4) is 11.3 Å². The molecule has 2 unspecified atom stereocenters. The van der Waals surface area contributed by atoms with Crippen LogP contribution < -0.4 is 4.90 Å². The number of rotatable bonds is 4. The van der Waals surface area contributed by atoms with Gasteiger partial charge in [0.15, 0.2) is 5.65 Å². The Balaban J connectivity index is 1.41. The lowest BCUT2D eigenvalue weighted by Gasteiger charge is -2.36. The lowest BCUT2D eigenvalue weighted by Crippen LogP contribution is -2.43. The van der Waals surface area contributed by atoms with E-state index in [1.807, 2.05) is 31.3 Å². The van der Waals surface area contributed by atoms with Crippen LogP contribution in [0.4, 0.5) is 5.95 Å². The Labute approximate surface area is 193 Å². The molecular weight excluding hydrogens is 412 g/mol. The number of nitrogens with zero attached hydrogens (tertiary/aromatic N) is 6. The van der Waals surface area contributed by atoms with Crippen molar-refractivity contribution in [1.82, 2.24) is 24.7 Å². The Hall–Kier alpha value is -3.32. The van der Waals surface area contributed by atoms with Crippen molar-refractivity contribution in [3.63, 3.8) is 0 Å². The lowest BCUT2D eigenvalue weighted by atomic mass is 10.1. The van der Waals surface area contributed by atoms with Crippen LogP contribution in [0.5, 0.6) is 0 Å². The number of ether oxygens (including phenoxy) is 1. The number of morpholine rings is 1. The van der Waals surface area contributed by atoms with Gasteiger partial charge in [-0.15, -0.1) is 0 Å². The van der Waals surface area contributed by atoms with Crippen LogP contribution >= 0.6 is 0 Å². The van der Waals surface area contributed by atoms with Crippen LogP contribution in [-0.2, 0) is 4.74 Å². The summed E-state index contributed by atoms with van der Waals surface area (Å²) in [6.07, 6.45) is 6.52. The second kappa shape index (κ2) is 7.92. The monoisotopic (exact) mass is 440 g/mol. The van der Waals surface area contributed by atoms with Gasteiger partial charge in [-0.05, 0) is 45.2 Å². The molecule has 6 rings (SSSR count). The average molecular weight is 441 g/mol. The van der Waals surface area contributed by atoms with Crippen LogP contribution in [0.1, 0.15) is 48.7 Å². The third kappa shape index (κ3) is 3.86. The van der Waals surface area contributed by atoms with Gasteiger partial charge in [0.25, 0.3) is 0 Å². The summed E-state index contributed by atoms with van der Waals surface area (Å²) in [6, 6.07) is 13.0. The molecule has 1 saturated heterocycles. The molecule has 2 fully saturated rings. The van der Waals surface area contributed by atoms with E-state index in [2.05, 4.69) is 52.9 Å². The number of benzene rings is 1. The summed E-state index contributed by atoms with van der Waals surface area (Å²) in [5, 5.41) is 5.55. The molecule has 4 aromatic rings. The summed E-state index contributed by atoms with van der Waals surface area (Å²) in [7, 11) is 0. The largest absolute Gasteiger partial charge is 0.367 e. The molecule has 2 atom stereocenters. The first-order valence-corrected chi connectivity index (χ1v) is 11.7. The molecule has 1 aliphatic carbocycles. The number of anilines is 1. The van der Waals surface area contributed by atoms with Crippen LogP contribution in [0.3, 0.4) is 0 Å². The summed E-state index contributed by atoms with van der Waals surface area (Å²) in [5.41, 5.74) is 5.98. The molecule has 0 radical (unpaired) electrons. The number of aryl methyl sites for hydroxylation is 2. The van der Waals surface area contributed by atoms with E-state index >= 15 is 0 Å². The standard InChI is InChI=1S/C26H28N6O/c1-16-11-22-24(19-7-5-4-6-8-19)29-26(30-25(22)28-18(16)3)31-13-17(2)33-23(15-31)20-12-27-32(14-20)21-9-10-21/h4-8,11-12,14,17,21,23H,9-10,13,15H2,1-3H3. The molecule has 7 heteroatoms. The van der Waals surface area contributed by atoms with Crippen LogP contribution in [0, 0.1) is 13.8 Å². The second-order valence-corrected chi connectivity index (χ2v) is 9.33. The topological polar surface area (TPSA) is 69.0 Å².